The van der Waals surface area contributed by atoms with Gasteiger partial charge in [-0.25, -0.2) is 4.98 Å². The van der Waals surface area contributed by atoms with Crippen LogP contribution in [-0.4, -0.2) is 21.8 Å². The number of carbonyl (C=O) groups excluding carboxylic acids is 2. The second kappa shape index (κ2) is 8.04. The molecular weight excluding hydrogens is 396 g/mol. The average Bonchev–Trinajstić information content (AvgIpc) is 3.14. The van der Waals surface area contributed by atoms with Gasteiger partial charge in [-0.3, -0.25) is 25.4 Å². The zero-order valence-electron chi connectivity index (χ0n) is 16.8. The third kappa shape index (κ3) is 3.92. The number of pyridine rings is 1. The van der Waals surface area contributed by atoms with Crippen molar-refractivity contribution in [1.82, 2.24) is 20.8 Å². The molecule has 2 N–H and O–H groups in total. The average molecular weight is 417 g/mol. The maximum atomic E-state index is 12.7. The predicted octanol–water partition coefficient (Wildman–Crippen LogP) is 4.36. The van der Waals surface area contributed by atoms with Crippen molar-refractivity contribution in [3.63, 3.8) is 0 Å². The van der Waals surface area contributed by atoms with Crippen molar-refractivity contribution >= 4 is 34.1 Å². The van der Waals surface area contributed by atoms with Gasteiger partial charge in [0.15, 0.2) is 0 Å². The van der Waals surface area contributed by atoms with E-state index in [-0.39, 0.29) is 0 Å². The van der Waals surface area contributed by atoms with Crippen molar-refractivity contribution in [2.24, 2.45) is 0 Å². The molecule has 2 amide bonds. The number of hydrogen-bond acceptors (Lipinski definition) is 5. The number of carbonyl (C=O) groups is 2. The molecule has 0 radical (unpaired) electrons. The minimum Gasteiger partial charge on any atom is -0.267 e. The first kappa shape index (κ1) is 19.7. The molecule has 0 unspecified atom stereocenters. The fraction of sp³-hybridized carbons (Fsp3) is 0.130. The molecule has 150 valence electrons. The van der Waals surface area contributed by atoms with Gasteiger partial charge in [-0.1, -0.05) is 42.0 Å². The minimum absolute atomic E-state index is 0.400. The Hall–Kier alpha value is -3.58. The summed E-state index contributed by atoms with van der Waals surface area (Å²) in [6.45, 7) is 5.54. The number of hydrazine groups is 1. The third-order valence-electron chi connectivity index (χ3n) is 4.72. The van der Waals surface area contributed by atoms with E-state index in [1.54, 1.807) is 19.9 Å². The first-order valence-electron chi connectivity index (χ1n) is 9.44. The molecule has 0 fully saturated rings. The molecule has 6 nitrogen and oxygen atoms in total. The summed E-state index contributed by atoms with van der Waals surface area (Å²) in [5, 5.41) is 1.64. The molecule has 0 atom stereocenters. The van der Waals surface area contributed by atoms with Crippen LogP contribution in [-0.2, 0) is 0 Å². The van der Waals surface area contributed by atoms with Crippen molar-refractivity contribution in [2.45, 2.75) is 20.8 Å². The minimum atomic E-state index is -0.415. The highest BCUT2D eigenvalue weighted by Crippen LogP contribution is 2.27. The van der Waals surface area contributed by atoms with Crippen LogP contribution in [0.3, 0.4) is 0 Å². The Morgan fingerprint density at radius 3 is 2.33 bits per heavy atom. The lowest BCUT2D eigenvalue weighted by Gasteiger charge is -2.10. The standard InChI is InChI=1S/C23H20N4O2S/c1-13-9-10-19-17(11-13)12-18(14(2)24-19)21(28)26-27-22(29)20-15(3)25-23(30-20)16-7-5-4-6-8-16/h4-12H,1-3H3,(H,26,28)(H,27,29). The molecule has 0 spiro atoms. The summed E-state index contributed by atoms with van der Waals surface area (Å²) in [6.07, 6.45) is 0. The van der Waals surface area contributed by atoms with Gasteiger partial charge in [-0.05, 0) is 39.0 Å². The fourth-order valence-corrected chi connectivity index (χ4v) is 4.14. The lowest BCUT2D eigenvalue weighted by Crippen LogP contribution is -2.41. The molecule has 4 aromatic rings. The van der Waals surface area contributed by atoms with Crippen molar-refractivity contribution in [2.75, 3.05) is 0 Å². The van der Waals surface area contributed by atoms with Crippen LogP contribution in [0.1, 0.15) is 37.0 Å². The van der Waals surface area contributed by atoms with Crippen molar-refractivity contribution in [3.05, 3.63) is 82.0 Å². The van der Waals surface area contributed by atoms with Crippen molar-refractivity contribution in [3.8, 4) is 10.6 Å². The van der Waals surface area contributed by atoms with Crippen molar-refractivity contribution in [1.29, 1.82) is 0 Å². The number of benzene rings is 2. The van der Waals surface area contributed by atoms with Gasteiger partial charge in [0.1, 0.15) is 9.88 Å². The van der Waals surface area contributed by atoms with Crippen LogP contribution in [0.15, 0.2) is 54.6 Å². The predicted molar refractivity (Wildman–Crippen MR) is 118 cm³/mol. The molecule has 0 bridgehead atoms. The highest BCUT2D eigenvalue weighted by molar-refractivity contribution is 7.17. The first-order chi connectivity index (χ1) is 14.4. The molecular formula is C23H20N4O2S. The Bertz CT molecular complexity index is 1270. The number of aryl methyl sites for hydroxylation is 3. The van der Waals surface area contributed by atoms with Crippen LogP contribution in [0.5, 0.6) is 0 Å². The monoisotopic (exact) mass is 416 g/mol. The molecule has 7 heteroatoms. The summed E-state index contributed by atoms with van der Waals surface area (Å²) in [7, 11) is 0. The number of aromatic nitrogens is 2. The Labute approximate surface area is 178 Å². The Kier molecular flexibility index (Phi) is 5.29. The zero-order valence-corrected chi connectivity index (χ0v) is 17.6. The van der Waals surface area contributed by atoms with Gasteiger partial charge in [-0.15, -0.1) is 11.3 Å². The summed E-state index contributed by atoms with van der Waals surface area (Å²) in [5.74, 6) is -0.815. The summed E-state index contributed by atoms with van der Waals surface area (Å²) < 4.78 is 0. The normalized spacial score (nSPS) is 10.8. The van der Waals surface area contributed by atoms with E-state index in [0.29, 0.717) is 21.8 Å². The number of amides is 2. The number of rotatable bonds is 3. The van der Waals surface area contributed by atoms with E-state index in [1.807, 2.05) is 55.5 Å². The van der Waals surface area contributed by atoms with Gasteiger partial charge < -0.3 is 0 Å². The number of nitrogens with one attached hydrogen (secondary N) is 2. The molecule has 30 heavy (non-hydrogen) atoms. The van der Waals surface area contributed by atoms with Crippen LogP contribution >= 0.6 is 11.3 Å². The summed E-state index contributed by atoms with van der Waals surface area (Å²) in [4.78, 5) is 34.7. The zero-order chi connectivity index (χ0) is 21.3. The van der Waals surface area contributed by atoms with Gasteiger partial charge in [0, 0.05) is 10.9 Å². The molecule has 2 heterocycles. The lowest BCUT2D eigenvalue weighted by molar-refractivity contribution is 0.0848. The van der Waals surface area contributed by atoms with Crippen molar-refractivity contribution < 1.29 is 9.59 Å². The van der Waals surface area contributed by atoms with E-state index in [1.165, 1.54) is 11.3 Å². The van der Waals surface area contributed by atoms with Crippen LogP contribution < -0.4 is 10.9 Å². The summed E-state index contributed by atoms with van der Waals surface area (Å²) in [6, 6.07) is 17.3. The number of nitrogens with zero attached hydrogens (tertiary/aromatic N) is 2. The Balaban J connectivity index is 1.50. The second-order valence-corrected chi connectivity index (χ2v) is 8.02. The van der Waals surface area contributed by atoms with Gasteiger partial charge >= 0.3 is 0 Å². The van der Waals surface area contributed by atoms with E-state index >= 15 is 0 Å². The maximum absolute atomic E-state index is 12.7. The first-order valence-corrected chi connectivity index (χ1v) is 10.3. The van der Waals surface area contributed by atoms with Gasteiger partial charge in [0.25, 0.3) is 11.8 Å². The number of thiazole rings is 1. The van der Waals surface area contributed by atoms with Crippen LogP contribution in [0.2, 0.25) is 0 Å². The molecule has 0 aliphatic carbocycles. The SMILES string of the molecule is Cc1ccc2nc(C)c(C(=O)NNC(=O)c3sc(-c4ccccc4)nc3C)cc2c1. The highest BCUT2D eigenvalue weighted by Gasteiger charge is 2.18. The molecule has 0 aliphatic heterocycles. The van der Waals surface area contributed by atoms with Crippen LogP contribution in [0.25, 0.3) is 21.5 Å². The molecule has 4 rings (SSSR count). The number of hydrogen-bond donors (Lipinski definition) is 2. The van der Waals surface area contributed by atoms with E-state index in [2.05, 4.69) is 20.8 Å². The molecule has 0 saturated heterocycles. The molecule has 0 saturated carbocycles. The number of fused-ring (bicyclic) bond motifs is 1. The molecule has 2 aromatic heterocycles. The van der Waals surface area contributed by atoms with Gasteiger partial charge in [0.05, 0.1) is 22.5 Å². The van der Waals surface area contributed by atoms with E-state index in [0.717, 1.165) is 27.0 Å². The largest absolute Gasteiger partial charge is 0.281 e. The Morgan fingerprint density at radius 1 is 0.833 bits per heavy atom. The van der Waals surface area contributed by atoms with Gasteiger partial charge in [0.2, 0.25) is 0 Å². The van der Waals surface area contributed by atoms with E-state index < -0.39 is 11.8 Å². The molecule has 2 aromatic carbocycles. The fourth-order valence-electron chi connectivity index (χ4n) is 3.17. The van der Waals surface area contributed by atoms with E-state index in [9.17, 15) is 9.59 Å². The van der Waals surface area contributed by atoms with E-state index in [4.69, 9.17) is 0 Å². The molecule has 0 aliphatic rings. The van der Waals surface area contributed by atoms with Crippen LogP contribution in [0, 0.1) is 20.8 Å². The smallest absolute Gasteiger partial charge is 0.267 e. The lowest BCUT2D eigenvalue weighted by atomic mass is 10.1. The van der Waals surface area contributed by atoms with Crippen LogP contribution in [0.4, 0.5) is 0 Å². The summed E-state index contributed by atoms with van der Waals surface area (Å²) in [5.41, 5.74) is 9.47. The topological polar surface area (TPSA) is 84.0 Å². The van der Waals surface area contributed by atoms with Gasteiger partial charge in [-0.2, -0.15) is 0 Å². The maximum Gasteiger partial charge on any atom is 0.281 e. The Morgan fingerprint density at radius 2 is 1.57 bits per heavy atom. The second-order valence-electron chi connectivity index (χ2n) is 7.03. The summed E-state index contributed by atoms with van der Waals surface area (Å²) >= 11 is 1.29. The third-order valence-corrected chi connectivity index (χ3v) is 5.92. The highest BCUT2D eigenvalue weighted by atomic mass is 32.1. The quantitative estimate of drug-likeness (QED) is 0.486.